The van der Waals surface area contributed by atoms with Crippen molar-refractivity contribution in [1.29, 1.82) is 0 Å². The minimum Gasteiger partial charge on any atom is -0.491 e. The maximum atomic E-state index is 11.6. The van der Waals surface area contributed by atoms with Crippen LogP contribution in [0.2, 0.25) is 18.1 Å². The molecule has 1 aromatic rings. The Morgan fingerprint density at radius 2 is 1.71 bits per heavy atom. The van der Waals surface area contributed by atoms with Gasteiger partial charge in [-0.3, -0.25) is 4.79 Å². The summed E-state index contributed by atoms with van der Waals surface area (Å²) in [6.07, 6.45) is 16.3. The van der Waals surface area contributed by atoms with Crippen LogP contribution < -0.4 is 4.74 Å². The molecule has 4 rings (SSSR count). The molecule has 9 heteroatoms. The zero-order valence-corrected chi connectivity index (χ0v) is 31.2. The van der Waals surface area contributed by atoms with E-state index >= 15 is 0 Å². The van der Waals surface area contributed by atoms with Crippen LogP contribution in [-0.4, -0.2) is 72.1 Å². The fraction of sp³-hybridized carbons (Fsp3) is 0.692. The summed E-state index contributed by atoms with van der Waals surface area (Å²) in [5, 5.41) is 0.0750. The van der Waals surface area contributed by atoms with Gasteiger partial charge in [-0.25, -0.2) is 0 Å². The molecule has 7 atom stereocenters. The van der Waals surface area contributed by atoms with E-state index in [2.05, 4.69) is 57.8 Å². The van der Waals surface area contributed by atoms with Crippen molar-refractivity contribution < 1.29 is 37.6 Å². The first-order valence-corrected chi connectivity index (χ1v) is 21.0. The molecule has 268 valence electrons. The van der Waals surface area contributed by atoms with Crippen molar-refractivity contribution in [2.24, 2.45) is 11.8 Å². The van der Waals surface area contributed by atoms with Crippen molar-refractivity contribution in [3.63, 3.8) is 0 Å². The molecule has 0 N–H and O–H groups in total. The lowest BCUT2D eigenvalue weighted by Crippen LogP contribution is -2.45. The summed E-state index contributed by atoms with van der Waals surface area (Å²) in [5.41, 5.74) is 3.33. The van der Waals surface area contributed by atoms with E-state index in [1.807, 2.05) is 36.4 Å². The van der Waals surface area contributed by atoms with Crippen molar-refractivity contribution in [3.05, 3.63) is 60.4 Å². The Morgan fingerprint density at radius 1 is 1.00 bits per heavy atom. The van der Waals surface area contributed by atoms with Gasteiger partial charge in [0.15, 0.2) is 20.9 Å². The van der Waals surface area contributed by atoms with Crippen LogP contribution in [0.3, 0.4) is 0 Å². The van der Waals surface area contributed by atoms with Crippen molar-refractivity contribution in [1.82, 2.24) is 0 Å². The Kier molecular flexibility index (Phi) is 15.5. The first-order valence-electron chi connectivity index (χ1n) is 18.1. The van der Waals surface area contributed by atoms with Crippen LogP contribution in [0.5, 0.6) is 5.75 Å². The number of carbonyl (C=O) groups is 1. The maximum Gasteiger partial charge on any atom is 0.305 e. The average Bonchev–Trinajstić information content (AvgIpc) is 3.38. The Balaban J connectivity index is 1.60. The van der Waals surface area contributed by atoms with E-state index in [4.69, 9.17) is 32.8 Å². The summed E-state index contributed by atoms with van der Waals surface area (Å²) in [7, 11) is -0.673. The summed E-state index contributed by atoms with van der Waals surface area (Å²) in [4.78, 5) is 11.6. The first-order chi connectivity index (χ1) is 23.1. The largest absolute Gasteiger partial charge is 0.491 e. The second kappa shape index (κ2) is 19.2. The van der Waals surface area contributed by atoms with Crippen LogP contribution >= 0.6 is 0 Å². The zero-order chi connectivity index (χ0) is 34.4. The van der Waals surface area contributed by atoms with Gasteiger partial charge in [0.1, 0.15) is 18.5 Å². The summed E-state index contributed by atoms with van der Waals surface area (Å²) >= 11 is 0. The van der Waals surface area contributed by atoms with Gasteiger partial charge >= 0.3 is 5.97 Å². The van der Waals surface area contributed by atoms with E-state index in [0.29, 0.717) is 26.1 Å². The fourth-order valence-electron chi connectivity index (χ4n) is 6.27. The van der Waals surface area contributed by atoms with E-state index in [0.717, 1.165) is 63.7 Å². The number of allylic oxidation sites excluding steroid dienone is 1. The lowest BCUT2D eigenvalue weighted by molar-refractivity contribution is -0.193. The number of benzene rings is 1. The van der Waals surface area contributed by atoms with Gasteiger partial charge in [0, 0.05) is 25.6 Å². The number of carbonyl (C=O) groups excluding carboxylic acids is 1. The number of hydrogen-bond acceptors (Lipinski definition) is 8. The Bertz CT molecular complexity index is 1180. The highest BCUT2D eigenvalue weighted by Crippen LogP contribution is 2.45. The second-order valence-corrected chi connectivity index (χ2v) is 19.5. The molecular formula is C39H60O8Si. The van der Waals surface area contributed by atoms with E-state index in [1.165, 1.54) is 7.11 Å². The quantitative estimate of drug-likeness (QED) is 0.0742. The lowest BCUT2D eigenvalue weighted by Gasteiger charge is -2.40. The van der Waals surface area contributed by atoms with E-state index in [-0.39, 0.29) is 53.7 Å². The van der Waals surface area contributed by atoms with Gasteiger partial charge < -0.3 is 32.8 Å². The summed E-state index contributed by atoms with van der Waals surface area (Å²) < 4.78 is 43.5. The van der Waals surface area contributed by atoms with E-state index in [9.17, 15) is 4.79 Å². The molecule has 8 nitrogen and oxygen atoms in total. The molecule has 1 aliphatic carbocycles. The van der Waals surface area contributed by atoms with Gasteiger partial charge in [-0.1, -0.05) is 51.1 Å². The van der Waals surface area contributed by atoms with Gasteiger partial charge in [0.05, 0.1) is 19.3 Å². The molecule has 0 radical (unpaired) electrons. The van der Waals surface area contributed by atoms with Crippen molar-refractivity contribution >= 4 is 14.3 Å². The van der Waals surface area contributed by atoms with Gasteiger partial charge in [-0.15, -0.1) is 5.73 Å². The van der Waals surface area contributed by atoms with Gasteiger partial charge in [-0.05, 0) is 106 Å². The molecule has 1 aromatic carbocycles. The number of hydrogen-bond donors (Lipinski definition) is 0. The monoisotopic (exact) mass is 684 g/mol. The lowest BCUT2D eigenvalue weighted by atomic mass is 9.89. The van der Waals surface area contributed by atoms with E-state index < -0.39 is 8.32 Å². The molecule has 0 spiro atoms. The average molecular weight is 685 g/mol. The number of rotatable bonds is 16. The summed E-state index contributed by atoms with van der Waals surface area (Å²) in [6, 6.07) is 9.87. The predicted molar refractivity (Wildman–Crippen MR) is 190 cm³/mol. The topological polar surface area (TPSA) is 81.7 Å². The number of ether oxygens (including phenoxy) is 6. The third-order valence-corrected chi connectivity index (χ3v) is 14.6. The Labute approximate surface area is 290 Å². The fourth-order valence-corrected chi connectivity index (χ4v) is 7.66. The molecule has 2 unspecified atom stereocenters. The number of para-hydroxylation sites is 1. The van der Waals surface area contributed by atoms with Crippen LogP contribution in [-0.2, 0) is 32.9 Å². The molecule has 3 fully saturated rings. The highest BCUT2D eigenvalue weighted by atomic mass is 28.4. The van der Waals surface area contributed by atoms with Crippen LogP contribution in [0, 0.1) is 11.8 Å². The SMILES string of the molecule is COC(=O)CCC=C=CC[C@@H]1[C@@H](/C=C/[C@H](COc2ccccc2)OC2CCCCO2)[C@H](OC2CCCCO2)C[C@@H]1O[Si](C)(C)C(C)(C)C. The summed E-state index contributed by atoms with van der Waals surface area (Å²) in [5.74, 6) is 0.819. The number of esters is 1. The molecule has 48 heavy (non-hydrogen) atoms. The van der Waals surface area contributed by atoms with E-state index in [1.54, 1.807) is 0 Å². The van der Waals surface area contributed by atoms with Crippen molar-refractivity contribution in [2.75, 3.05) is 26.9 Å². The van der Waals surface area contributed by atoms with Crippen LogP contribution in [0.25, 0.3) is 0 Å². The molecule has 2 saturated heterocycles. The Morgan fingerprint density at radius 3 is 2.35 bits per heavy atom. The predicted octanol–water partition coefficient (Wildman–Crippen LogP) is 8.53. The smallest absolute Gasteiger partial charge is 0.305 e. The summed E-state index contributed by atoms with van der Waals surface area (Å²) in [6.45, 7) is 13.3. The third-order valence-electron chi connectivity index (χ3n) is 10.1. The molecule has 0 aromatic heterocycles. The molecule has 2 aliphatic heterocycles. The second-order valence-electron chi connectivity index (χ2n) is 14.8. The van der Waals surface area contributed by atoms with Crippen LogP contribution in [0.15, 0.2) is 60.4 Å². The molecule has 0 bridgehead atoms. The highest BCUT2D eigenvalue weighted by molar-refractivity contribution is 6.74. The maximum absolute atomic E-state index is 11.6. The molecule has 0 amide bonds. The van der Waals surface area contributed by atoms with Gasteiger partial charge in [0.2, 0.25) is 0 Å². The first kappa shape index (κ1) is 38.6. The molecule has 1 saturated carbocycles. The minimum absolute atomic E-state index is 0.0175. The normalized spacial score (nSPS) is 27.3. The minimum atomic E-state index is -2.09. The molecule has 2 heterocycles. The third kappa shape index (κ3) is 12.3. The zero-order valence-electron chi connectivity index (χ0n) is 30.2. The van der Waals surface area contributed by atoms with Gasteiger partial charge in [-0.2, -0.15) is 0 Å². The van der Waals surface area contributed by atoms with Crippen molar-refractivity contribution in [2.45, 2.75) is 134 Å². The molecule has 3 aliphatic rings. The van der Waals surface area contributed by atoms with Crippen molar-refractivity contribution in [3.8, 4) is 5.75 Å². The van der Waals surface area contributed by atoms with Crippen LogP contribution in [0.1, 0.15) is 85.0 Å². The Hall–Kier alpha value is -2.23. The standard InChI is InChI=1S/C39H60O8Si/c1-39(2,3)48(5,6)47-35-28-34(46-38-23-15-17-27-43-38)33(32(35)20-12-7-8-13-21-36(40)41-4)25-24-31(45-37-22-14-16-26-42-37)29-44-30-18-10-9-11-19-30/h8-12,18-19,24-25,31-35,37-38H,13-17,20-23,26-29H2,1-6H3/b25-24+/t7?,31-,32-,33-,34-,35+,37?,38?/m1/s1. The van der Waals surface area contributed by atoms with Crippen LogP contribution in [0.4, 0.5) is 0 Å². The van der Waals surface area contributed by atoms with Gasteiger partial charge in [0.25, 0.3) is 0 Å². The molecular weight excluding hydrogens is 625 g/mol. The number of methoxy groups -OCH3 is 1. The highest BCUT2D eigenvalue weighted by Gasteiger charge is 2.48.